The fourth-order valence-electron chi connectivity index (χ4n) is 7.97. The van der Waals surface area contributed by atoms with E-state index in [0.29, 0.717) is 17.6 Å². The first-order valence-electron chi connectivity index (χ1n) is 17.2. The topological polar surface area (TPSA) is 45.2 Å². The van der Waals surface area contributed by atoms with Crippen molar-refractivity contribution in [3.8, 4) is 22.8 Å². The van der Waals surface area contributed by atoms with E-state index in [1.54, 1.807) is 0 Å². The Labute approximate surface area is 293 Å². The van der Waals surface area contributed by atoms with Crippen LogP contribution in [-0.2, 0) is 10.8 Å². The third kappa shape index (κ3) is 4.50. The molecule has 0 unspecified atom stereocenters. The molecule has 0 N–H and O–H groups in total. The second kappa shape index (κ2) is 11.2. The zero-order valence-corrected chi connectivity index (χ0v) is 28.7. The molecule has 1 aromatic heterocycles. The summed E-state index contributed by atoms with van der Waals surface area (Å²) in [5, 5.41) is 0. The van der Waals surface area contributed by atoms with E-state index >= 15 is 0 Å². The van der Waals surface area contributed by atoms with Crippen LogP contribution in [0, 0.1) is 0 Å². The zero-order valence-electron chi connectivity index (χ0n) is 28.7. The first-order chi connectivity index (χ1) is 24.3. The monoisotopic (exact) mass is 647 g/mol. The highest BCUT2D eigenvalue weighted by atomic mass is 15.3. The molecule has 5 heteroatoms. The Morgan fingerprint density at radius 3 is 1.24 bits per heavy atom. The lowest BCUT2D eigenvalue weighted by Gasteiger charge is -2.42. The number of anilines is 6. The molecule has 50 heavy (non-hydrogen) atoms. The molecule has 0 spiro atoms. The van der Waals surface area contributed by atoms with Gasteiger partial charge in [0.2, 0.25) is 5.95 Å². The summed E-state index contributed by atoms with van der Waals surface area (Å²) in [4.78, 5) is 20.4. The molecule has 0 aliphatic carbocycles. The number of para-hydroxylation sites is 5. The molecule has 0 saturated heterocycles. The van der Waals surface area contributed by atoms with Gasteiger partial charge in [0.05, 0.1) is 28.4 Å². The number of fused-ring (bicyclic) bond motifs is 4. The van der Waals surface area contributed by atoms with Crippen LogP contribution in [0.1, 0.15) is 49.9 Å². The molecule has 2 aliphatic rings. The summed E-state index contributed by atoms with van der Waals surface area (Å²) < 4.78 is 0. The lowest BCUT2D eigenvalue weighted by Crippen LogP contribution is -2.31. The largest absolute Gasteiger partial charge is 0.309 e. The Bertz CT molecular complexity index is 2310. The van der Waals surface area contributed by atoms with Crippen molar-refractivity contribution in [1.29, 1.82) is 0 Å². The van der Waals surface area contributed by atoms with Crippen LogP contribution in [0.4, 0.5) is 34.4 Å². The van der Waals surface area contributed by atoms with E-state index in [0.717, 1.165) is 39.6 Å². The molecular formula is C45H37N5. The molecule has 6 aromatic carbocycles. The molecule has 0 fully saturated rings. The Hall–Kier alpha value is -6.07. The maximum Gasteiger partial charge on any atom is 0.238 e. The second-order valence-corrected chi connectivity index (χ2v) is 14.2. The molecule has 0 amide bonds. The van der Waals surface area contributed by atoms with Crippen LogP contribution in [0.25, 0.3) is 22.8 Å². The minimum Gasteiger partial charge on any atom is -0.309 e. The molecule has 0 atom stereocenters. The van der Waals surface area contributed by atoms with Crippen LogP contribution in [0.5, 0.6) is 0 Å². The predicted molar refractivity (Wildman–Crippen MR) is 204 cm³/mol. The third-order valence-corrected chi connectivity index (χ3v) is 10.5. The maximum atomic E-state index is 5.37. The summed E-state index contributed by atoms with van der Waals surface area (Å²) in [5.74, 6) is 1.82. The molecule has 2 aliphatic heterocycles. The van der Waals surface area contributed by atoms with Gasteiger partial charge in [0.1, 0.15) is 0 Å². The summed E-state index contributed by atoms with van der Waals surface area (Å²) in [7, 11) is 0. The zero-order chi connectivity index (χ0) is 34.0. The highest BCUT2D eigenvalue weighted by Gasteiger charge is 2.39. The number of benzene rings is 6. The summed E-state index contributed by atoms with van der Waals surface area (Å²) in [5.41, 5.74) is 12.0. The summed E-state index contributed by atoms with van der Waals surface area (Å²) in [6, 6.07) is 53.4. The third-order valence-electron chi connectivity index (χ3n) is 10.5. The van der Waals surface area contributed by atoms with Gasteiger partial charge in [0.15, 0.2) is 11.6 Å². The number of hydrogen-bond acceptors (Lipinski definition) is 5. The van der Waals surface area contributed by atoms with E-state index in [9.17, 15) is 0 Å². The van der Waals surface area contributed by atoms with Crippen molar-refractivity contribution in [2.24, 2.45) is 0 Å². The van der Waals surface area contributed by atoms with Crippen molar-refractivity contribution in [2.45, 2.75) is 38.5 Å². The van der Waals surface area contributed by atoms with Crippen LogP contribution in [0.3, 0.4) is 0 Å². The average Bonchev–Trinajstić information content (AvgIpc) is 3.16. The van der Waals surface area contributed by atoms with Gasteiger partial charge in [-0.15, -0.1) is 0 Å². The van der Waals surface area contributed by atoms with E-state index in [1.807, 2.05) is 18.2 Å². The smallest absolute Gasteiger partial charge is 0.238 e. The second-order valence-electron chi connectivity index (χ2n) is 14.2. The van der Waals surface area contributed by atoms with E-state index in [-0.39, 0.29) is 10.8 Å². The predicted octanol–water partition coefficient (Wildman–Crippen LogP) is 11.4. The number of rotatable bonds is 4. The first-order valence-corrected chi connectivity index (χ1v) is 17.2. The van der Waals surface area contributed by atoms with E-state index in [4.69, 9.17) is 15.0 Å². The molecule has 0 saturated carbocycles. The Kier molecular flexibility index (Phi) is 6.75. The van der Waals surface area contributed by atoms with Crippen LogP contribution >= 0.6 is 0 Å². The fourth-order valence-corrected chi connectivity index (χ4v) is 7.97. The standard InChI is InChI=1S/C45H37N5/c1-44(2)32-21-9-14-26-37(32)49(38-27-15-10-22-33(38)44)36-25-13-8-20-31(36)42-46-41(30-18-6-5-7-19-30)47-43(48-42)50-39-28-16-11-23-34(39)45(3,4)35-24-12-17-29-40(35)50/h5-29H,1-4H3. The number of nitrogens with zero attached hydrogens (tertiary/aromatic N) is 5. The summed E-state index contributed by atoms with van der Waals surface area (Å²) in [6.07, 6.45) is 0. The van der Waals surface area contributed by atoms with Gasteiger partial charge in [-0.2, -0.15) is 9.97 Å². The lowest BCUT2D eigenvalue weighted by atomic mass is 9.73. The van der Waals surface area contributed by atoms with Gasteiger partial charge in [-0.25, -0.2) is 4.98 Å². The summed E-state index contributed by atoms with van der Waals surface area (Å²) >= 11 is 0. The van der Waals surface area contributed by atoms with Gasteiger partial charge in [0, 0.05) is 22.0 Å². The van der Waals surface area contributed by atoms with Crippen molar-refractivity contribution < 1.29 is 0 Å². The van der Waals surface area contributed by atoms with Gasteiger partial charge < -0.3 is 4.90 Å². The number of aromatic nitrogens is 3. The van der Waals surface area contributed by atoms with Gasteiger partial charge >= 0.3 is 0 Å². The maximum absolute atomic E-state index is 5.37. The van der Waals surface area contributed by atoms with E-state index in [1.165, 1.54) is 22.3 Å². The lowest BCUT2D eigenvalue weighted by molar-refractivity contribution is 0.630. The molecule has 0 radical (unpaired) electrons. The normalized spacial score (nSPS) is 15.0. The molecule has 0 bridgehead atoms. The van der Waals surface area contributed by atoms with Crippen molar-refractivity contribution >= 4 is 34.4 Å². The van der Waals surface area contributed by atoms with Gasteiger partial charge in [-0.1, -0.05) is 143 Å². The molecule has 9 rings (SSSR count). The average molecular weight is 648 g/mol. The highest BCUT2D eigenvalue weighted by molar-refractivity contribution is 5.92. The van der Waals surface area contributed by atoms with Crippen LogP contribution < -0.4 is 9.80 Å². The Balaban J connectivity index is 1.31. The quantitative estimate of drug-likeness (QED) is 0.190. The van der Waals surface area contributed by atoms with Crippen molar-refractivity contribution in [3.05, 3.63) is 174 Å². The van der Waals surface area contributed by atoms with Crippen molar-refractivity contribution in [1.82, 2.24) is 15.0 Å². The van der Waals surface area contributed by atoms with Crippen LogP contribution in [-0.4, -0.2) is 15.0 Å². The Morgan fingerprint density at radius 2 is 0.740 bits per heavy atom. The molecule has 5 nitrogen and oxygen atoms in total. The van der Waals surface area contributed by atoms with Gasteiger partial charge in [-0.3, -0.25) is 4.90 Å². The SMILES string of the molecule is CC1(C)c2ccccc2N(c2nc(-c3ccccc3)nc(-c3ccccc3N3c4ccccc4C(C)(C)c4ccccc43)n2)c2ccccc21. The van der Waals surface area contributed by atoms with E-state index < -0.39 is 0 Å². The van der Waals surface area contributed by atoms with Gasteiger partial charge in [0.25, 0.3) is 0 Å². The van der Waals surface area contributed by atoms with E-state index in [2.05, 4.69) is 171 Å². The Morgan fingerprint density at radius 1 is 0.360 bits per heavy atom. The molecular weight excluding hydrogens is 611 g/mol. The fraction of sp³-hybridized carbons (Fsp3) is 0.133. The number of hydrogen-bond donors (Lipinski definition) is 0. The highest BCUT2D eigenvalue weighted by Crippen LogP contribution is 2.54. The van der Waals surface area contributed by atoms with Crippen LogP contribution in [0.15, 0.2) is 152 Å². The van der Waals surface area contributed by atoms with Crippen molar-refractivity contribution in [3.63, 3.8) is 0 Å². The van der Waals surface area contributed by atoms with Crippen LogP contribution in [0.2, 0.25) is 0 Å². The molecule has 242 valence electrons. The minimum absolute atomic E-state index is 0.164. The minimum atomic E-state index is -0.197. The molecule has 3 heterocycles. The summed E-state index contributed by atoms with van der Waals surface area (Å²) in [6.45, 7) is 9.21. The van der Waals surface area contributed by atoms with Gasteiger partial charge in [-0.05, 0) is 58.7 Å². The molecule has 7 aromatic rings. The first kappa shape index (κ1) is 30.0. The van der Waals surface area contributed by atoms with Crippen molar-refractivity contribution in [2.75, 3.05) is 9.80 Å².